The van der Waals surface area contributed by atoms with Gasteiger partial charge < -0.3 is 4.90 Å². The molecule has 1 heterocycles. The molecule has 2 fully saturated rings. The molecule has 1 aromatic carbocycles. The molecule has 3 aliphatic rings. The van der Waals surface area contributed by atoms with Gasteiger partial charge in [-0.1, -0.05) is 55.7 Å². The van der Waals surface area contributed by atoms with E-state index in [0.717, 1.165) is 29.3 Å². The molecule has 2 saturated carbocycles. The number of rotatable bonds is 2. The number of fused-ring (bicyclic) bond motifs is 3. The minimum atomic E-state index is 0.881. The zero-order valence-electron chi connectivity index (χ0n) is 12.1. The van der Waals surface area contributed by atoms with Gasteiger partial charge in [0.05, 0.1) is 0 Å². The van der Waals surface area contributed by atoms with Gasteiger partial charge in [0.2, 0.25) is 0 Å². The quantitative estimate of drug-likeness (QED) is 0.741. The number of hydrogen-bond acceptors (Lipinski definition) is 1. The summed E-state index contributed by atoms with van der Waals surface area (Å²) in [5.41, 5.74) is 2.73. The summed E-state index contributed by atoms with van der Waals surface area (Å²) < 4.78 is 0. The molecular formula is C18H23NS. The summed E-state index contributed by atoms with van der Waals surface area (Å²) in [6, 6.07) is 8.67. The lowest BCUT2D eigenvalue weighted by Gasteiger charge is -2.40. The Hall–Kier alpha value is -0.890. The largest absolute Gasteiger partial charge is 0.358 e. The Bertz CT molecular complexity index is 512. The van der Waals surface area contributed by atoms with Crippen LogP contribution in [0.3, 0.4) is 0 Å². The maximum absolute atomic E-state index is 5.69. The van der Waals surface area contributed by atoms with Crippen LogP contribution in [0.4, 0.5) is 0 Å². The highest BCUT2D eigenvalue weighted by molar-refractivity contribution is 7.80. The van der Waals surface area contributed by atoms with Crippen molar-refractivity contribution in [1.29, 1.82) is 0 Å². The number of thiocarbonyl (C=S) groups is 1. The van der Waals surface area contributed by atoms with E-state index in [2.05, 4.69) is 29.2 Å². The van der Waals surface area contributed by atoms with E-state index in [4.69, 9.17) is 12.2 Å². The molecule has 20 heavy (non-hydrogen) atoms. The Balaban J connectivity index is 1.45. The van der Waals surface area contributed by atoms with Gasteiger partial charge in [0.25, 0.3) is 0 Å². The molecule has 0 radical (unpaired) electrons. The highest BCUT2D eigenvalue weighted by Crippen LogP contribution is 2.43. The molecule has 2 heteroatoms. The molecule has 1 aliphatic heterocycles. The summed E-state index contributed by atoms with van der Waals surface area (Å²) in [5, 5.41) is 0. The lowest BCUT2D eigenvalue weighted by Crippen LogP contribution is -2.35. The van der Waals surface area contributed by atoms with Crippen LogP contribution in [0.1, 0.15) is 49.7 Å². The first kappa shape index (κ1) is 12.8. The Labute approximate surface area is 127 Å². The average Bonchev–Trinajstić information content (AvgIpc) is 2.76. The van der Waals surface area contributed by atoms with Crippen molar-refractivity contribution in [2.75, 3.05) is 6.54 Å². The molecule has 0 saturated heterocycles. The molecule has 2 unspecified atom stereocenters. The predicted molar refractivity (Wildman–Crippen MR) is 86.7 cm³/mol. The molecule has 2 atom stereocenters. The second-order valence-corrected chi connectivity index (χ2v) is 7.47. The molecule has 0 amide bonds. The van der Waals surface area contributed by atoms with Crippen LogP contribution in [0.25, 0.3) is 0 Å². The summed E-state index contributed by atoms with van der Waals surface area (Å²) >= 11 is 5.69. The van der Waals surface area contributed by atoms with Gasteiger partial charge in [0, 0.05) is 18.7 Å². The Kier molecular flexibility index (Phi) is 3.30. The molecule has 4 rings (SSSR count). The third kappa shape index (κ3) is 2.28. The van der Waals surface area contributed by atoms with Gasteiger partial charge in [-0.2, -0.15) is 0 Å². The maximum Gasteiger partial charge on any atom is 0.109 e. The van der Waals surface area contributed by atoms with Crippen LogP contribution in [-0.2, 0) is 6.54 Å². The SMILES string of the molecule is S=C1c2ccccc2CN1CC1CC2CCCC(C2)C1. The van der Waals surface area contributed by atoms with E-state index < -0.39 is 0 Å². The monoisotopic (exact) mass is 285 g/mol. The maximum atomic E-state index is 5.69. The van der Waals surface area contributed by atoms with Crippen LogP contribution in [0.5, 0.6) is 0 Å². The fourth-order valence-electron chi connectivity index (χ4n) is 4.79. The predicted octanol–water partition coefficient (Wildman–Crippen LogP) is 4.39. The standard InChI is InChI=1S/C18H23NS/c20-18-17-7-2-1-6-16(17)12-19(18)11-15-9-13-4-3-5-14(8-13)10-15/h1-2,6-7,13-15H,3-5,8-12H2. The van der Waals surface area contributed by atoms with Gasteiger partial charge in [-0.15, -0.1) is 0 Å². The van der Waals surface area contributed by atoms with Crippen molar-refractivity contribution < 1.29 is 0 Å². The second kappa shape index (κ2) is 5.14. The Morgan fingerprint density at radius 1 is 1.05 bits per heavy atom. The number of benzene rings is 1. The van der Waals surface area contributed by atoms with Crippen molar-refractivity contribution in [2.45, 2.75) is 45.1 Å². The van der Waals surface area contributed by atoms with Crippen LogP contribution in [0, 0.1) is 17.8 Å². The van der Waals surface area contributed by atoms with Gasteiger partial charge >= 0.3 is 0 Å². The highest BCUT2D eigenvalue weighted by Gasteiger charge is 2.34. The average molecular weight is 285 g/mol. The first-order valence-corrected chi connectivity index (χ1v) is 8.57. The zero-order chi connectivity index (χ0) is 13.5. The van der Waals surface area contributed by atoms with Crippen LogP contribution in [-0.4, -0.2) is 16.4 Å². The second-order valence-electron chi connectivity index (χ2n) is 7.08. The smallest absolute Gasteiger partial charge is 0.109 e. The van der Waals surface area contributed by atoms with Gasteiger partial charge in [0.1, 0.15) is 4.99 Å². The van der Waals surface area contributed by atoms with Gasteiger partial charge in [-0.05, 0) is 42.6 Å². The number of hydrogen-bond donors (Lipinski definition) is 0. The Morgan fingerprint density at radius 3 is 2.55 bits per heavy atom. The minimum absolute atomic E-state index is 0.881. The first-order valence-electron chi connectivity index (χ1n) is 8.17. The summed E-state index contributed by atoms with van der Waals surface area (Å²) in [5.74, 6) is 2.92. The van der Waals surface area contributed by atoms with Gasteiger partial charge in [-0.3, -0.25) is 0 Å². The molecule has 2 aliphatic carbocycles. The fraction of sp³-hybridized carbons (Fsp3) is 0.611. The molecule has 0 spiro atoms. The van der Waals surface area contributed by atoms with Crippen molar-refractivity contribution in [3.05, 3.63) is 35.4 Å². The molecule has 106 valence electrons. The van der Waals surface area contributed by atoms with Gasteiger partial charge in [-0.25, -0.2) is 0 Å². The Morgan fingerprint density at radius 2 is 1.80 bits per heavy atom. The van der Waals surface area contributed by atoms with E-state index in [1.165, 1.54) is 56.2 Å². The molecule has 0 N–H and O–H groups in total. The molecule has 0 aromatic heterocycles. The van der Waals surface area contributed by atoms with Crippen LogP contribution in [0.15, 0.2) is 24.3 Å². The highest BCUT2D eigenvalue weighted by atomic mass is 32.1. The van der Waals surface area contributed by atoms with Crippen LogP contribution < -0.4 is 0 Å². The zero-order valence-corrected chi connectivity index (χ0v) is 12.9. The van der Waals surface area contributed by atoms with E-state index in [0.29, 0.717) is 0 Å². The normalized spacial score (nSPS) is 32.3. The minimum Gasteiger partial charge on any atom is -0.358 e. The van der Waals surface area contributed by atoms with E-state index >= 15 is 0 Å². The third-order valence-electron chi connectivity index (χ3n) is 5.60. The van der Waals surface area contributed by atoms with Crippen LogP contribution >= 0.6 is 12.2 Å². The summed E-state index contributed by atoms with van der Waals surface area (Å²) in [4.78, 5) is 3.56. The van der Waals surface area contributed by atoms with Gasteiger partial charge in [0.15, 0.2) is 0 Å². The lowest BCUT2D eigenvalue weighted by molar-refractivity contribution is 0.122. The van der Waals surface area contributed by atoms with Crippen molar-refractivity contribution in [3.8, 4) is 0 Å². The lowest BCUT2D eigenvalue weighted by atomic mass is 9.68. The van der Waals surface area contributed by atoms with Crippen LogP contribution in [0.2, 0.25) is 0 Å². The van der Waals surface area contributed by atoms with E-state index in [1.54, 1.807) is 0 Å². The molecular weight excluding hydrogens is 262 g/mol. The van der Waals surface area contributed by atoms with Crippen molar-refractivity contribution in [3.63, 3.8) is 0 Å². The first-order chi connectivity index (χ1) is 9.79. The van der Waals surface area contributed by atoms with Crippen molar-refractivity contribution >= 4 is 17.2 Å². The topological polar surface area (TPSA) is 3.24 Å². The summed E-state index contributed by atoms with van der Waals surface area (Å²) in [6.45, 7) is 2.24. The van der Waals surface area contributed by atoms with E-state index in [-0.39, 0.29) is 0 Å². The molecule has 1 aromatic rings. The summed E-state index contributed by atoms with van der Waals surface area (Å²) in [7, 11) is 0. The summed E-state index contributed by atoms with van der Waals surface area (Å²) in [6.07, 6.45) is 8.87. The number of nitrogens with zero attached hydrogens (tertiary/aromatic N) is 1. The van der Waals surface area contributed by atoms with Crippen molar-refractivity contribution in [1.82, 2.24) is 4.90 Å². The van der Waals surface area contributed by atoms with E-state index in [1.807, 2.05) is 0 Å². The molecule has 1 nitrogen and oxygen atoms in total. The molecule has 2 bridgehead atoms. The van der Waals surface area contributed by atoms with Crippen molar-refractivity contribution in [2.24, 2.45) is 17.8 Å². The third-order valence-corrected chi connectivity index (χ3v) is 6.08. The fourth-order valence-corrected chi connectivity index (χ4v) is 5.13. The van der Waals surface area contributed by atoms with E-state index in [9.17, 15) is 0 Å².